The van der Waals surface area contributed by atoms with E-state index in [-0.39, 0.29) is 24.6 Å². The Balaban J connectivity index is 4.01. The smallest absolute Gasteiger partial charge is 0.305 e. The predicted molar refractivity (Wildman–Crippen MR) is 52.0 cm³/mol. The molecule has 0 saturated carbocycles. The van der Waals surface area contributed by atoms with Crippen molar-refractivity contribution in [3.05, 3.63) is 0 Å². The Morgan fingerprint density at radius 2 is 1.79 bits per heavy atom. The first-order chi connectivity index (χ1) is 6.44. The molecule has 0 saturated heterocycles. The fourth-order valence-electron chi connectivity index (χ4n) is 1.06. The largest absolute Gasteiger partial charge is 0.469 e. The van der Waals surface area contributed by atoms with Crippen LogP contribution in [0.25, 0.3) is 0 Å². The molecule has 14 heavy (non-hydrogen) atoms. The van der Waals surface area contributed by atoms with E-state index in [1.807, 2.05) is 6.92 Å². The van der Waals surface area contributed by atoms with Gasteiger partial charge in [0, 0.05) is 13.0 Å². The molecule has 0 aliphatic heterocycles. The summed E-state index contributed by atoms with van der Waals surface area (Å²) in [5.74, 6) is -0.449. The van der Waals surface area contributed by atoms with E-state index >= 15 is 0 Å². The molecule has 0 bridgehead atoms. The van der Waals surface area contributed by atoms with Crippen LogP contribution in [0.4, 0.5) is 0 Å². The maximum atomic E-state index is 11.5. The molecule has 0 aromatic heterocycles. The third-order valence-corrected chi connectivity index (χ3v) is 1.96. The monoisotopic (exact) mass is 202 g/mol. The number of methoxy groups -OCH3 is 1. The van der Waals surface area contributed by atoms with Crippen LogP contribution in [0.2, 0.25) is 0 Å². The normalized spacial score (nSPS) is 11.1. The van der Waals surface area contributed by atoms with Crippen molar-refractivity contribution in [2.75, 3.05) is 13.7 Å². The lowest BCUT2D eigenvalue weighted by atomic mass is 9.99. The van der Waals surface area contributed by atoms with E-state index in [0.29, 0.717) is 6.61 Å². The summed E-state index contributed by atoms with van der Waals surface area (Å²) in [4.78, 5) is 22.3. The number of hydrogen-bond acceptors (Lipinski definition) is 4. The van der Waals surface area contributed by atoms with Crippen LogP contribution in [-0.2, 0) is 19.1 Å². The predicted octanol–water partition coefficient (Wildman–Crippen LogP) is 1.32. The molecule has 0 aromatic carbocycles. The third kappa shape index (κ3) is 4.37. The first-order valence-corrected chi connectivity index (χ1v) is 4.68. The minimum Gasteiger partial charge on any atom is -0.469 e. The van der Waals surface area contributed by atoms with E-state index in [9.17, 15) is 9.59 Å². The van der Waals surface area contributed by atoms with Crippen molar-refractivity contribution < 1.29 is 19.1 Å². The number of hydrogen-bond donors (Lipinski definition) is 0. The molecule has 0 N–H and O–H groups in total. The summed E-state index contributed by atoms with van der Waals surface area (Å²) in [6.07, 6.45) is 0.283. The summed E-state index contributed by atoms with van der Waals surface area (Å²) in [5, 5.41) is 0. The fraction of sp³-hybridized carbons (Fsp3) is 0.800. The lowest BCUT2D eigenvalue weighted by molar-refractivity contribution is -0.146. The molecule has 0 heterocycles. The molecule has 0 fully saturated rings. The summed E-state index contributed by atoms with van der Waals surface area (Å²) in [6, 6.07) is 0. The van der Waals surface area contributed by atoms with Crippen molar-refractivity contribution in [3.63, 3.8) is 0 Å². The number of ether oxygens (including phenoxy) is 2. The van der Waals surface area contributed by atoms with Crippen molar-refractivity contribution in [2.24, 2.45) is 0 Å². The Morgan fingerprint density at radius 3 is 2.21 bits per heavy atom. The number of rotatable bonds is 6. The number of ketones is 1. The zero-order valence-electron chi connectivity index (χ0n) is 9.25. The summed E-state index contributed by atoms with van der Waals surface area (Å²) in [7, 11) is 1.31. The van der Waals surface area contributed by atoms with Gasteiger partial charge in [0.15, 0.2) is 5.78 Å². The molecule has 0 aliphatic rings. The van der Waals surface area contributed by atoms with Crippen molar-refractivity contribution in [1.29, 1.82) is 0 Å². The average Bonchev–Trinajstić information content (AvgIpc) is 2.13. The summed E-state index contributed by atoms with van der Waals surface area (Å²) < 4.78 is 9.70. The quantitative estimate of drug-likeness (QED) is 0.610. The van der Waals surface area contributed by atoms with Gasteiger partial charge in [-0.05, 0) is 20.8 Å². The van der Waals surface area contributed by atoms with Crippen LogP contribution in [-0.4, -0.2) is 31.1 Å². The lowest BCUT2D eigenvalue weighted by Gasteiger charge is -2.22. The topological polar surface area (TPSA) is 52.6 Å². The molecule has 0 aliphatic carbocycles. The Morgan fingerprint density at radius 1 is 1.21 bits per heavy atom. The van der Waals surface area contributed by atoms with Gasteiger partial charge < -0.3 is 9.47 Å². The molecule has 0 atom stereocenters. The number of carbonyl (C=O) groups excluding carboxylic acids is 2. The molecule has 0 amide bonds. The van der Waals surface area contributed by atoms with Gasteiger partial charge in [-0.1, -0.05) is 0 Å². The molecule has 4 nitrogen and oxygen atoms in total. The van der Waals surface area contributed by atoms with Crippen molar-refractivity contribution >= 4 is 11.8 Å². The second-order valence-electron chi connectivity index (χ2n) is 3.44. The zero-order chi connectivity index (χ0) is 11.2. The van der Waals surface area contributed by atoms with E-state index in [0.717, 1.165) is 0 Å². The molecule has 82 valence electrons. The van der Waals surface area contributed by atoms with Gasteiger partial charge in [0.1, 0.15) is 5.60 Å². The average molecular weight is 202 g/mol. The zero-order valence-corrected chi connectivity index (χ0v) is 9.25. The number of esters is 1. The van der Waals surface area contributed by atoms with Gasteiger partial charge in [0.25, 0.3) is 0 Å². The van der Waals surface area contributed by atoms with Crippen LogP contribution in [0, 0.1) is 0 Å². The summed E-state index contributed by atoms with van der Waals surface area (Å²) in [6.45, 7) is 5.72. The maximum absolute atomic E-state index is 11.5. The van der Waals surface area contributed by atoms with Gasteiger partial charge in [-0.15, -0.1) is 0 Å². The van der Waals surface area contributed by atoms with Crippen LogP contribution in [0.15, 0.2) is 0 Å². The summed E-state index contributed by atoms with van der Waals surface area (Å²) >= 11 is 0. The Bertz CT molecular complexity index is 208. The molecule has 4 heteroatoms. The van der Waals surface area contributed by atoms with E-state index in [1.54, 1.807) is 13.8 Å². The van der Waals surface area contributed by atoms with Gasteiger partial charge in [-0.3, -0.25) is 9.59 Å². The van der Waals surface area contributed by atoms with Gasteiger partial charge >= 0.3 is 5.97 Å². The minimum absolute atomic E-state index is 0.0789. The first-order valence-electron chi connectivity index (χ1n) is 4.68. The van der Waals surface area contributed by atoms with Crippen LogP contribution >= 0.6 is 0 Å². The molecular formula is C10H18O4. The highest BCUT2D eigenvalue weighted by Gasteiger charge is 2.27. The fourth-order valence-corrected chi connectivity index (χ4v) is 1.06. The van der Waals surface area contributed by atoms with Crippen LogP contribution in [0.1, 0.15) is 33.6 Å². The van der Waals surface area contributed by atoms with Crippen molar-refractivity contribution in [3.8, 4) is 0 Å². The highest BCUT2D eigenvalue weighted by atomic mass is 16.5. The van der Waals surface area contributed by atoms with Gasteiger partial charge in [-0.25, -0.2) is 0 Å². The van der Waals surface area contributed by atoms with Gasteiger partial charge in [-0.2, -0.15) is 0 Å². The first kappa shape index (κ1) is 13.1. The van der Waals surface area contributed by atoms with E-state index in [4.69, 9.17) is 4.74 Å². The number of carbonyl (C=O) groups is 2. The highest BCUT2D eigenvalue weighted by molar-refractivity contribution is 5.89. The molecule has 0 aromatic rings. The molecule has 0 radical (unpaired) electrons. The van der Waals surface area contributed by atoms with Crippen LogP contribution in [0.5, 0.6) is 0 Å². The summed E-state index contributed by atoms with van der Waals surface area (Å²) in [5.41, 5.74) is -0.803. The van der Waals surface area contributed by atoms with Crippen molar-refractivity contribution in [2.45, 2.75) is 39.2 Å². The number of Topliss-reactive ketones (excluding diaryl/α,β-unsaturated/α-hetero) is 1. The molecular weight excluding hydrogens is 184 g/mol. The highest BCUT2D eigenvalue weighted by Crippen LogP contribution is 2.14. The Kier molecular flexibility index (Phi) is 5.38. The standard InChI is InChI=1S/C10H18O4/c1-5-14-10(2,3)8(11)6-7-9(12)13-4/h5-7H2,1-4H3. The van der Waals surface area contributed by atoms with E-state index in [1.165, 1.54) is 7.11 Å². The molecule has 0 unspecified atom stereocenters. The Labute approximate surface area is 84.6 Å². The van der Waals surface area contributed by atoms with E-state index in [2.05, 4.69) is 4.74 Å². The van der Waals surface area contributed by atoms with E-state index < -0.39 is 5.60 Å². The third-order valence-electron chi connectivity index (χ3n) is 1.96. The maximum Gasteiger partial charge on any atom is 0.305 e. The van der Waals surface area contributed by atoms with Gasteiger partial charge in [0.05, 0.1) is 13.5 Å². The second-order valence-corrected chi connectivity index (χ2v) is 3.44. The Hall–Kier alpha value is -0.900. The minimum atomic E-state index is -0.803. The SMILES string of the molecule is CCOC(C)(C)C(=O)CCC(=O)OC. The lowest BCUT2D eigenvalue weighted by Crippen LogP contribution is -2.35. The van der Waals surface area contributed by atoms with Gasteiger partial charge in [0.2, 0.25) is 0 Å². The van der Waals surface area contributed by atoms with Crippen LogP contribution < -0.4 is 0 Å². The second kappa shape index (κ2) is 5.75. The molecule has 0 spiro atoms. The van der Waals surface area contributed by atoms with Crippen molar-refractivity contribution in [1.82, 2.24) is 0 Å². The molecule has 0 rings (SSSR count). The van der Waals surface area contributed by atoms with Crippen LogP contribution in [0.3, 0.4) is 0 Å².